The normalized spacial score (nSPS) is 10.0. The van der Waals surface area contributed by atoms with Gasteiger partial charge < -0.3 is 21.7 Å². The van der Waals surface area contributed by atoms with Gasteiger partial charge in [-0.1, -0.05) is 23.3 Å². The molecule has 0 aliphatic rings. The molecule has 0 saturated carbocycles. The van der Waals surface area contributed by atoms with E-state index in [2.05, 4.69) is 0 Å². The molecule has 0 aliphatic carbocycles. The fourth-order valence-electron chi connectivity index (χ4n) is 2.75. The number of rotatable bonds is 2. The fraction of sp³-hybridized carbons (Fsp3) is 0.0909. The maximum atomic E-state index is 9.66. The van der Waals surface area contributed by atoms with E-state index < -0.39 is 0 Å². The van der Waals surface area contributed by atoms with Gasteiger partial charge in [-0.25, -0.2) is 0 Å². The van der Waals surface area contributed by atoms with Gasteiger partial charge >= 0.3 is 0 Å². The molecule has 0 unspecified atom stereocenters. The van der Waals surface area contributed by atoms with Gasteiger partial charge in [0, 0.05) is 41.4 Å². The van der Waals surface area contributed by atoms with Crippen LogP contribution in [0.25, 0.3) is 22.3 Å². The molecule has 29 heavy (non-hydrogen) atoms. The molecule has 4 rings (SSSR count). The van der Waals surface area contributed by atoms with Crippen molar-refractivity contribution >= 4 is 32.7 Å². The number of hydrogen-bond donors (Lipinski definition) is 4. The number of nitrogen functional groups attached to an aromatic ring is 2. The summed E-state index contributed by atoms with van der Waals surface area (Å²) in [7, 11) is 0. The first kappa shape index (κ1) is 22.9. The third-order valence-electron chi connectivity index (χ3n) is 4.17. The number of thiophene rings is 2. The van der Waals surface area contributed by atoms with Crippen LogP contribution in [0, 0.1) is 13.8 Å². The predicted molar refractivity (Wildman–Crippen MR) is 121 cm³/mol. The summed E-state index contributed by atoms with van der Waals surface area (Å²) < 4.78 is 0. The number of phenols is 2. The Bertz CT molecular complexity index is 1020. The summed E-state index contributed by atoms with van der Waals surface area (Å²) in [5, 5.41) is 24.7. The molecule has 7 heteroatoms. The van der Waals surface area contributed by atoms with Crippen LogP contribution in [0.3, 0.4) is 0 Å². The molecule has 0 bridgehead atoms. The first-order valence-corrected chi connectivity index (χ1v) is 10.4. The topological polar surface area (TPSA) is 92.5 Å². The van der Waals surface area contributed by atoms with Crippen molar-refractivity contribution in [2.24, 2.45) is 0 Å². The standard InChI is InChI=1S/2C11H11NOS.Zn/c2*1-7-2-3-10(13)9(4-7)8-5-11(12)14-6-8;/h2*2-6,13H,12H2,1H3;. The Labute approximate surface area is 191 Å². The van der Waals surface area contributed by atoms with Gasteiger partial charge in [-0.15, -0.1) is 22.7 Å². The van der Waals surface area contributed by atoms with Crippen LogP contribution in [0.15, 0.2) is 59.3 Å². The summed E-state index contributed by atoms with van der Waals surface area (Å²) in [6.45, 7) is 4.00. The first-order valence-electron chi connectivity index (χ1n) is 8.61. The maximum absolute atomic E-state index is 9.66. The molecule has 2 aromatic carbocycles. The van der Waals surface area contributed by atoms with E-state index in [1.165, 1.54) is 22.7 Å². The Hall–Kier alpha value is -2.34. The van der Waals surface area contributed by atoms with Crippen LogP contribution in [0.4, 0.5) is 10.0 Å². The van der Waals surface area contributed by atoms with Crippen LogP contribution in [-0.2, 0) is 19.5 Å². The van der Waals surface area contributed by atoms with Crippen molar-refractivity contribution in [3.8, 4) is 33.8 Å². The second kappa shape index (κ2) is 9.92. The number of hydrogen-bond acceptors (Lipinski definition) is 6. The smallest absolute Gasteiger partial charge is 0.123 e. The Morgan fingerprint density at radius 3 is 1.34 bits per heavy atom. The minimum atomic E-state index is 0. The zero-order valence-electron chi connectivity index (χ0n) is 16.3. The van der Waals surface area contributed by atoms with Crippen molar-refractivity contribution in [1.29, 1.82) is 0 Å². The zero-order chi connectivity index (χ0) is 20.3. The summed E-state index contributed by atoms with van der Waals surface area (Å²) in [5.74, 6) is 0.599. The average Bonchev–Trinajstić information content (AvgIpc) is 3.28. The molecule has 6 N–H and O–H groups in total. The van der Waals surface area contributed by atoms with Gasteiger partial charge in [0.15, 0.2) is 0 Å². The van der Waals surface area contributed by atoms with Crippen LogP contribution < -0.4 is 11.5 Å². The molecule has 0 spiro atoms. The molecular weight excluding hydrogens is 454 g/mol. The van der Waals surface area contributed by atoms with Gasteiger partial charge in [-0.3, -0.25) is 0 Å². The van der Waals surface area contributed by atoms with Crippen molar-refractivity contribution in [2.75, 3.05) is 11.5 Å². The van der Waals surface area contributed by atoms with Gasteiger partial charge in [0.05, 0.1) is 10.0 Å². The van der Waals surface area contributed by atoms with Gasteiger partial charge in [-0.05, 0) is 61.4 Å². The number of aromatic hydroxyl groups is 2. The largest absolute Gasteiger partial charge is 0.507 e. The van der Waals surface area contributed by atoms with Crippen molar-refractivity contribution in [2.45, 2.75) is 13.8 Å². The summed E-state index contributed by atoms with van der Waals surface area (Å²) in [6, 6.07) is 14.8. The Morgan fingerprint density at radius 2 is 1.03 bits per heavy atom. The SMILES string of the molecule is Cc1ccc(O)c(-c2csc(N)c2)c1.Cc1ccc(O)c(-c2csc(N)c2)c1.[Zn]. The van der Waals surface area contributed by atoms with Gasteiger partial charge in [0.2, 0.25) is 0 Å². The molecule has 146 valence electrons. The van der Waals surface area contributed by atoms with Crippen LogP contribution in [0.2, 0.25) is 0 Å². The van der Waals surface area contributed by atoms with E-state index in [0.29, 0.717) is 11.5 Å². The molecule has 2 heterocycles. The molecule has 4 aromatic rings. The maximum Gasteiger partial charge on any atom is 0.123 e. The van der Waals surface area contributed by atoms with Gasteiger partial charge in [-0.2, -0.15) is 0 Å². The Balaban J connectivity index is 0.000000200. The van der Waals surface area contributed by atoms with E-state index >= 15 is 0 Å². The quantitative estimate of drug-likeness (QED) is 0.267. The van der Waals surface area contributed by atoms with Crippen LogP contribution >= 0.6 is 22.7 Å². The van der Waals surface area contributed by atoms with E-state index in [0.717, 1.165) is 43.4 Å². The number of aryl methyl sites for hydroxylation is 2. The van der Waals surface area contributed by atoms with Crippen molar-refractivity contribution in [3.05, 3.63) is 70.4 Å². The minimum Gasteiger partial charge on any atom is -0.507 e. The third-order valence-corrected chi connectivity index (χ3v) is 5.69. The molecule has 0 saturated heterocycles. The first-order chi connectivity index (χ1) is 13.3. The molecule has 4 nitrogen and oxygen atoms in total. The number of benzene rings is 2. The summed E-state index contributed by atoms with van der Waals surface area (Å²) in [4.78, 5) is 0. The molecule has 0 atom stereocenters. The summed E-state index contributed by atoms with van der Waals surface area (Å²) in [5.41, 5.74) is 17.2. The summed E-state index contributed by atoms with van der Waals surface area (Å²) >= 11 is 2.96. The summed E-state index contributed by atoms with van der Waals surface area (Å²) in [6.07, 6.45) is 0. The molecule has 0 fully saturated rings. The molecule has 0 radical (unpaired) electrons. The molecule has 0 amide bonds. The van der Waals surface area contributed by atoms with E-state index in [1.54, 1.807) is 12.1 Å². The zero-order valence-corrected chi connectivity index (χ0v) is 20.9. The third kappa shape index (κ3) is 5.83. The second-order valence-electron chi connectivity index (χ2n) is 6.52. The van der Waals surface area contributed by atoms with E-state index in [4.69, 9.17) is 11.5 Å². The second-order valence-corrected chi connectivity index (χ2v) is 8.40. The average molecular weight is 476 g/mol. The number of nitrogens with two attached hydrogens (primary N) is 2. The van der Waals surface area contributed by atoms with E-state index in [9.17, 15) is 10.2 Å². The van der Waals surface area contributed by atoms with Gasteiger partial charge in [0.25, 0.3) is 0 Å². The molecule has 2 aromatic heterocycles. The van der Waals surface area contributed by atoms with E-state index in [1.807, 2.05) is 61.0 Å². The van der Waals surface area contributed by atoms with Crippen LogP contribution in [0.5, 0.6) is 11.5 Å². The van der Waals surface area contributed by atoms with Crippen molar-refractivity contribution < 1.29 is 29.7 Å². The number of phenolic OH excluding ortho intramolecular Hbond substituents is 2. The van der Waals surface area contributed by atoms with Crippen molar-refractivity contribution in [3.63, 3.8) is 0 Å². The van der Waals surface area contributed by atoms with Crippen molar-refractivity contribution in [1.82, 2.24) is 0 Å². The molecular formula is C22H22N2O2S2Zn. The fourth-order valence-corrected chi connectivity index (χ4v) is 4.06. The van der Waals surface area contributed by atoms with E-state index in [-0.39, 0.29) is 19.5 Å². The van der Waals surface area contributed by atoms with Crippen LogP contribution in [-0.4, -0.2) is 10.2 Å². The van der Waals surface area contributed by atoms with Gasteiger partial charge in [0.1, 0.15) is 11.5 Å². The molecule has 0 aliphatic heterocycles. The minimum absolute atomic E-state index is 0. The Morgan fingerprint density at radius 1 is 0.655 bits per heavy atom. The monoisotopic (exact) mass is 474 g/mol. The Kier molecular flexibility index (Phi) is 7.85. The van der Waals surface area contributed by atoms with Crippen LogP contribution in [0.1, 0.15) is 11.1 Å². The predicted octanol–water partition coefficient (Wildman–Crippen LogP) is 6.02. The number of anilines is 2.